The Hall–Kier alpha value is -4.82. The monoisotopic (exact) mass is 501 g/mol. The van der Waals surface area contributed by atoms with Crippen molar-refractivity contribution >= 4 is 33.3 Å². The molecule has 0 saturated heterocycles. The average Bonchev–Trinajstić information content (AvgIpc) is 3.69. The first-order valence-electron chi connectivity index (χ1n) is 11.8. The van der Waals surface area contributed by atoms with E-state index in [0.29, 0.717) is 21.1 Å². The largest absolute Gasteiger partial charge is 0.452 e. The Morgan fingerprint density at radius 2 is 1.62 bits per heavy atom. The fourth-order valence-corrected chi connectivity index (χ4v) is 5.38. The van der Waals surface area contributed by atoms with Crippen LogP contribution in [0, 0.1) is 6.92 Å². The number of thiazole rings is 1. The van der Waals surface area contributed by atoms with E-state index in [1.807, 2.05) is 109 Å². The standard InChI is InChI=1S/C29H19N5O2S/c1-18-22-14-8-9-15-23(22)36-26(18)27-30-29-34(32-27)28(35)24(37-29)16-20-17-33(21-12-6-3-7-13-21)31-25(20)19-10-4-2-5-11-19/h2-17H,1H3. The van der Waals surface area contributed by atoms with Gasteiger partial charge in [-0.3, -0.25) is 4.79 Å². The molecule has 0 aliphatic carbocycles. The van der Waals surface area contributed by atoms with Crippen LogP contribution in [-0.4, -0.2) is 24.4 Å². The van der Waals surface area contributed by atoms with E-state index in [1.165, 1.54) is 15.9 Å². The molecule has 0 aliphatic heterocycles. The van der Waals surface area contributed by atoms with Crippen molar-refractivity contribution in [3.63, 3.8) is 0 Å². The molecule has 0 unspecified atom stereocenters. The molecule has 7 aromatic rings. The van der Waals surface area contributed by atoms with Crippen LogP contribution in [0.2, 0.25) is 0 Å². The van der Waals surface area contributed by atoms with E-state index in [-0.39, 0.29) is 5.56 Å². The number of hydrogen-bond donors (Lipinski definition) is 0. The Morgan fingerprint density at radius 1 is 0.892 bits per heavy atom. The molecule has 4 heterocycles. The van der Waals surface area contributed by atoms with Gasteiger partial charge in [0.2, 0.25) is 10.8 Å². The molecule has 0 bridgehead atoms. The average molecular weight is 502 g/mol. The van der Waals surface area contributed by atoms with E-state index < -0.39 is 0 Å². The molecule has 0 radical (unpaired) electrons. The van der Waals surface area contributed by atoms with Crippen molar-refractivity contribution in [3.05, 3.63) is 117 Å². The van der Waals surface area contributed by atoms with Gasteiger partial charge in [0.25, 0.3) is 5.56 Å². The number of para-hydroxylation sites is 2. The van der Waals surface area contributed by atoms with E-state index in [1.54, 1.807) is 0 Å². The molecule has 0 N–H and O–H groups in total. The van der Waals surface area contributed by atoms with Gasteiger partial charge in [-0.05, 0) is 31.2 Å². The van der Waals surface area contributed by atoms with E-state index >= 15 is 0 Å². The topological polar surface area (TPSA) is 78.2 Å². The van der Waals surface area contributed by atoms with Gasteiger partial charge in [0.15, 0.2) is 5.76 Å². The van der Waals surface area contributed by atoms with Crippen LogP contribution in [0.3, 0.4) is 0 Å². The molecular weight excluding hydrogens is 482 g/mol. The second-order valence-corrected chi connectivity index (χ2v) is 9.69. The number of aryl methyl sites for hydroxylation is 1. The van der Waals surface area contributed by atoms with Crippen molar-refractivity contribution < 1.29 is 4.42 Å². The predicted molar refractivity (Wildman–Crippen MR) is 145 cm³/mol. The second-order valence-electron chi connectivity index (χ2n) is 8.68. The third-order valence-corrected chi connectivity index (χ3v) is 7.28. The Labute approximate surface area is 214 Å². The fraction of sp³-hybridized carbons (Fsp3) is 0.0345. The summed E-state index contributed by atoms with van der Waals surface area (Å²) in [6.07, 6.45) is 3.81. The minimum absolute atomic E-state index is 0.223. The Bertz CT molecular complexity index is 2020. The summed E-state index contributed by atoms with van der Waals surface area (Å²) in [5, 5.41) is 10.4. The summed E-state index contributed by atoms with van der Waals surface area (Å²) >= 11 is 1.30. The van der Waals surface area contributed by atoms with Crippen LogP contribution in [-0.2, 0) is 0 Å². The summed E-state index contributed by atoms with van der Waals surface area (Å²) in [4.78, 5) is 18.5. The van der Waals surface area contributed by atoms with E-state index in [4.69, 9.17) is 9.52 Å². The molecule has 37 heavy (non-hydrogen) atoms. The van der Waals surface area contributed by atoms with Crippen LogP contribution in [0.15, 0.2) is 100 Å². The summed E-state index contributed by atoms with van der Waals surface area (Å²) in [5.74, 6) is 0.989. The number of rotatable bonds is 4. The maximum Gasteiger partial charge on any atom is 0.291 e. The van der Waals surface area contributed by atoms with Gasteiger partial charge in [-0.1, -0.05) is 78.1 Å². The predicted octanol–water partition coefficient (Wildman–Crippen LogP) is 5.27. The quantitative estimate of drug-likeness (QED) is 0.328. The summed E-state index contributed by atoms with van der Waals surface area (Å²) in [6, 6.07) is 27.7. The van der Waals surface area contributed by atoms with Crippen molar-refractivity contribution in [2.75, 3.05) is 0 Å². The lowest BCUT2D eigenvalue weighted by atomic mass is 10.1. The number of nitrogens with zero attached hydrogens (tertiary/aromatic N) is 5. The maximum atomic E-state index is 13.3. The number of furan rings is 1. The molecule has 0 amide bonds. The molecule has 3 aromatic carbocycles. The molecule has 7 nitrogen and oxygen atoms in total. The van der Waals surface area contributed by atoms with Crippen molar-refractivity contribution in [1.29, 1.82) is 0 Å². The number of aromatic nitrogens is 5. The zero-order valence-electron chi connectivity index (χ0n) is 19.7. The highest BCUT2D eigenvalue weighted by atomic mass is 32.1. The number of hydrogen-bond acceptors (Lipinski definition) is 6. The summed E-state index contributed by atoms with van der Waals surface area (Å²) in [5.41, 5.74) is 5.04. The van der Waals surface area contributed by atoms with Gasteiger partial charge >= 0.3 is 0 Å². The van der Waals surface area contributed by atoms with Crippen molar-refractivity contribution in [3.8, 4) is 28.5 Å². The third-order valence-electron chi connectivity index (χ3n) is 6.33. The second kappa shape index (κ2) is 8.39. The molecular formula is C29H19N5O2S. The highest BCUT2D eigenvalue weighted by molar-refractivity contribution is 7.15. The van der Waals surface area contributed by atoms with Crippen LogP contribution in [0.25, 0.3) is 50.5 Å². The van der Waals surface area contributed by atoms with Crippen LogP contribution in [0.4, 0.5) is 0 Å². The summed E-state index contributed by atoms with van der Waals surface area (Å²) in [7, 11) is 0. The van der Waals surface area contributed by atoms with Crippen LogP contribution in [0.1, 0.15) is 11.1 Å². The zero-order valence-corrected chi connectivity index (χ0v) is 20.5. The SMILES string of the molecule is Cc1c(-c2nc3sc(=Cc4cn(-c5ccccc5)nc4-c4ccccc4)c(=O)n3n2)oc2ccccc12. The minimum atomic E-state index is -0.223. The lowest BCUT2D eigenvalue weighted by Gasteiger charge is -2.00. The van der Waals surface area contributed by atoms with E-state index in [2.05, 4.69) is 10.1 Å². The minimum Gasteiger partial charge on any atom is -0.452 e. The van der Waals surface area contributed by atoms with Gasteiger partial charge in [-0.15, -0.1) is 5.10 Å². The molecule has 8 heteroatoms. The first-order valence-corrected chi connectivity index (χ1v) is 12.6. The van der Waals surface area contributed by atoms with Crippen LogP contribution >= 0.6 is 11.3 Å². The van der Waals surface area contributed by atoms with E-state index in [9.17, 15) is 4.79 Å². The molecule has 0 spiro atoms. The summed E-state index contributed by atoms with van der Waals surface area (Å²) < 4.78 is 9.72. The fourth-order valence-electron chi connectivity index (χ4n) is 4.49. The van der Waals surface area contributed by atoms with Gasteiger partial charge in [0.05, 0.1) is 15.9 Å². The van der Waals surface area contributed by atoms with Gasteiger partial charge in [0.1, 0.15) is 5.58 Å². The smallest absolute Gasteiger partial charge is 0.291 e. The van der Waals surface area contributed by atoms with Crippen LogP contribution in [0.5, 0.6) is 0 Å². The highest BCUT2D eigenvalue weighted by Crippen LogP contribution is 2.31. The number of fused-ring (bicyclic) bond motifs is 2. The first-order chi connectivity index (χ1) is 18.2. The molecule has 0 atom stereocenters. The molecule has 0 fully saturated rings. The Kier molecular flexibility index (Phi) is 4.87. The Balaban J connectivity index is 1.36. The van der Waals surface area contributed by atoms with Crippen molar-refractivity contribution in [2.45, 2.75) is 6.92 Å². The maximum absolute atomic E-state index is 13.3. The van der Waals surface area contributed by atoms with Gasteiger partial charge < -0.3 is 4.42 Å². The normalized spacial score (nSPS) is 12.2. The Morgan fingerprint density at radius 3 is 2.38 bits per heavy atom. The molecule has 0 aliphatic rings. The number of benzene rings is 3. The van der Waals surface area contributed by atoms with Crippen LogP contribution < -0.4 is 10.1 Å². The van der Waals surface area contributed by atoms with Gasteiger partial charge in [-0.25, -0.2) is 4.68 Å². The van der Waals surface area contributed by atoms with Crippen molar-refractivity contribution in [2.24, 2.45) is 0 Å². The molecule has 178 valence electrons. The summed E-state index contributed by atoms with van der Waals surface area (Å²) in [6.45, 7) is 1.98. The van der Waals surface area contributed by atoms with E-state index in [0.717, 1.165) is 39.0 Å². The molecule has 0 saturated carbocycles. The van der Waals surface area contributed by atoms with Gasteiger partial charge in [0, 0.05) is 28.3 Å². The molecule has 4 aromatic heterocycles. The van der Waals surface area contributed by atoms with Crippen molar-refractivity contribution in [1.82, 2.24) is 24.4 Å². The highest BCUT2D eigenvalue weighted by Gasteiger charge is 2.19. The zero-order chi connectivity index (χ0) is 24.9. The van der Waals surface area contributed by atoms with Gasteiger partial charge in [-0.2, -0.15) is 14.6 Å². The first kappa shape index (κ1) is 21.5. The lowest BCUT2D eigenvalue weighted by Crippen LogP contribution is -2.23. The third kappa shape index (κ3) is 3.57. The molecule has 7 rings (SSSR count). The lowest BCUT2D eigenvalue weighted by molar-refractivity contribution is 0.622.